The summed E-state index contributed by atoms with van der Waals surface area (Å²) in [5, 5.41) is 3.77. The van der Waals surface area contributed by atoms with Crippen LogP contribution < -0.4 is 5.32 Å². The van der Waals surface area contributed by atoms with Gasteiger partial charge in [0.15, 0.2) is 0 Å². The molecule has 1 aromatic carbocycles. The topological polar surface area (TPSA) is 12.0 Å². The van der Waals surface area contributed by atoms with Crippen LogP contribution in [0.5, 0.6) is 0 Å². The van der Waals surface area contributed by atoms with Crippen molar-refractivity contribution in [2.45, 2.75) is 57.9 Å². The zero-order valence-corrected chi connectivity index (χ0v) is 11.9. The van der Waals surface area contributed by atoms with E-state index in [1.165, 1.54) is 37.7 Å². The van der Waals surface area contributed by atoms with Crippen molar-refractivity contribution in [1.29, 1.82) is 0 Å². The van der Waals surface area contributed by atoms with Gasteiger partial charge in [-0.2, -0.15) is 0 Å². The Hall–Kier alpha value is -0.820. The van der Waals surface area contributed by atoms with E-state index in [9.17, 15) is 0 Å². The molecule has 100 valence electrons. The second kappa shape index (κ2) is 6.94. The van der Waals surface area contributed by atoms with E-state index < -0.39 is 0 Å². The van der Waals surface area contributed by atoms with Crippen molar-refractivity contribution in [3.8, 4) is 0 Å². The zero-order chi connectivity index (χ0) is 12.8. The van der Waals surface area contributed by atoms with Crippen LogP contribution >= 0.6 is 0 Å². The molecule has 1 heteroatoms. The Bertz CT molecular complexity index is 333. The minimum absolute atomic E-state index is 0.664. The summed E-state index contributed by atoms with van der Waals surface area (Å²) < 4.78 is 0. The molecule has 0 aliphatic heterocycles. The minimum atomic E-state index is 0.664. The minimum Gasteiger partial charge on any atom is -0.314 e. The SMILES string of the molecule is CC(CCNC1CCCCC1C)c1ccccc1. The average Bonchev–Trinajstić information content (AvgIpc) is 2.42. The lowest BCUT2D eigenvalue weighted by Crippen LogP contribution is -2.38. The van der Waals surface area contributed by atoms with Crippen LogP contribution in [0.15, 0.2) is 30.3 Å². The van der Waals surface area contributed by atoms with Crippen LogP contribution in [0.25, 0.3) is 0 Å². The van der Waals surface area contributed by atoms with Gasteiger partial charge in [0.2, 0.25) is 0 Å². The third-order valence-electron chi connectivity index (χ3n) is 4.46. The fourth-order valence-corrected chi connectivity index (χ4v) is 3.05. The maximum atomic E-state index is 3.77. The van der Waals surface area contributed by atoms with Crippen molar-refractivity contribution in [3.63, 3.8) is 0 Å². The first kappa shape index (κ1) is 13.6. The molecule has 1 nitrogen and oxygen atoms in total. The largest absolute Gasteiger partial charge is 0.314 e. The highest BCUT2D eigenvalue weighted by atomic mass is 14.9. The quantitative estimate of drug-likeness (QED) is 0.813. The normalized spacial score (nSPS) is 25.9. The summed E-state index contributed by atoms with van der Waals surface area (Å²) >= 11 is 0. The molecular formula is C17H27N. The molecule has 1 aliphatic carbocycles. The van der Waals surface area contributed by atoms with Crippen LogP contribution in [-0.2, 0) is 0 Å². The fraction of sp³-hybridized carbons (Fsp3) is 0.647. The van der Waals surface area contributed by atoms with E-state index in [0.29, 0.717) is 5.92 Å². The number of hydrogen-bond acceptors (Lipinski definition) is 1. The van der Waals surface area contributed by atoms with Gasteiger partial charge in [0.05, 0.1) is 0 Å². The Balaban J connectivity index is 1.71. The zero-order valence-electron chi connectivity index (χ0n) is 11.9. The van der Waals surface area contributed by atoms with Crippen LogP contribution in [0, 0.1) is 5.92 Å². The lowest BCUT2D eigenvalue weighted by Gasteiger charge is -2.30. The van der Waals surface area contributed by atoms with Crippen molar-refractivity contribution in [2.24, 2.45) is 5.92 Å². The Morgan fingerprint density at radius 1 is 1.17 bits per heavy atom. The molecule has 2 rings (SSSR count). The van der Waals surface area contributed by atoms with E-state index in [1.807, 2.05) is 0 Å². The summed E-state index contributed by atoms with van der Waals surface area (Å²) in [4.78, 5) is 0. The first-order chi connectivity index (χ1) is 8.77. The molecule has 1 fully saturated rings. The predicted octanol–water partition coefficient (Wildman–Crippen LogP) is 4.35. The van der Waals surface area contributed by atoms with Gasteiger partial charge in [0.1, 0.15) is 0 Å². The van der Waals surface area contributed by atoms with Gasteiger partial charge < -0.3 is 5.32 Å². The van der Waals surface area contributed by atoms with E-state index in [2.05, 4.69) is 49.5 Å². The summed E-state index contributed by atoms with van der Waals surface area (Å²) in [7, 11) is 0. The monoisotopic (exact) mass is 245 g/mol. The smallest absolute Gasteiger partial charge is 0.00926 e. The molecule has 3 atom stereocenters. The van der Waals surface area contributed by atoms with Crippen LogP contribution in [-0.4, -0.2) is 12.6 Å². The van der Waals surface area contributed by atoms with Gasteiger partial charge >= 0.3 is 0 Å². The van der Waals surface area contributed by atoms with Gasteiger partial charge in [-0.05, 0) is 43.2 Å². The van der Waals surface area contributed by atoms with Crippen molar-refractivity contribution in [3.05, 3.63) is 35.9 Å². The van der Waals surface area contributed by atoms with E-state index in [1.54, 1.807) is 0 Å². The highest BCUT2D eigenvalue weighted by molar-refractivity contribution is 5.18. The standard InChI is InChI=1S/C17H27N/c1-14(16-9-4-3-5-10-16)12-13-18-17-11-7-6-8-15(17)2/h3-5,9-10,14-15,17-18H,6-8,11-13H2,1-2H3. The Labute approximate surface area is 112 Å². The molecule has 0 saturated heterocycles. The maximum absolute atomic E-state index is 3.77. The molecule has 1 saturated carbocycles. The maximum Gasteiger partial charge on any atom is 0.00926 e. The van der Waals surface area contributed by atoms with Gasteiger partial charge in [0, 0.05) is 6.04 Å². The number of benzene rings is 1. The molecule has 0 aromatic heterocycles. The third-order valence-corrected chi connectivity index (χ3v) is 4.46. The van der Waals surface area contributed by atoms with Gasteiger partial charge in [-0.1, -0.05) is 57.0 Å². The Kier molecular flexibility index (Phi) is 5.25. The van der Waals surface area contributed by atoms with Crippen LogP contribution in [0.2, 0.25) is 0 Å². The van der Waals surface area contributed by atoms with Gasteiger partial charge in [-0.3, -0.25) is 0 Å². The summed E-state index contributed by atoms with van der Waals surface area (Å²) in [6.07, 6.45) is 6.87. The van der Waals surface area contributed by atoms with Crippen molar-refractivity contribution >= 4 is 0 Å². The Morgan fingerprint density at radius 3 is 2.61 bits per heavy atom. The fourth-order valence-electron chi connectivity index (χ4n) is 3.05. The molecule has 0 radical (unpaired) electrons. The summed E-state index contributed by atoms with van der Waals surface area (Å²) in [5.74, 6) is 1.53. The lowest BCUT2D eigenvalue weighted by atomic mass is 9.86. The first-order valence-electron chi connectivity index (χ1n) is 7.55. The summed E-state index contributed by atoms with van der Waals surface area (Å²) in [6.45, 7) is 5.89. The number of nitrogens with one attached hydrogen (secondary N) is 1. The van der Waals surface area contributed by atoms with E-state index in [-0.39, 0.29) is 0 Å². The molecule has 1 aromatic rings. The van der Waals surface area contributed by atoms with Gasteiger partial charge in [-0.25, -0.2) is 0 Å². The van der Waals surface area contributed by atoms with E-state index >= 15 is 0 Å². The molecule has 1 aliphatic rings. The van der Waals surface area contributed by atoms with Crippen molar-refractivity contribution in [2.75, 3.05) is 6.54 Å². The molecule has 3 unspecified atom stereocenters. The van der Waals surface area contributed by atoms with Gasteiger partial charge in [-0.15, -0.1) is 0 Å². The molecule has 0 bridgehead atoms. The van der Waals surface area contributed by atoms with Gasteiger partial charge in [0.25, 0.3) is 0 Å². The average molecular weight is 245 g/mol. The van der Waals surface area contributed by atoms with Crippen LogP contribution in [0.1, 0.15) is 57.4 Å². The highest BCUT2D eigenvalue weighted by Crippen LogP contribution is 2.24. The first-order valence-corrected chi connectivity index (χ1v) is 7.55. The third kappa shape index (κ3) is 3.84. The Morgan fingerprint density at radius 2 is 1.89 bits per heavy atom. The number of hydrogen-bond donors (Lipinski definition) is 1. The molecular weight excluding hydrogens is 218 g/mol. The lowest BCUT2D eigenvalue weighted by molar-refractivity contribution is 0.279. The summed E-state index contributed by atoms with van der Waals surface area (Å²) in [6, 6.07) is 11.6. The molecule has 0 spiro atoms. The molecule has 1 N–H and O–H groups in total. The van der Waals surface area contributed by atoms with Crippen molar-refractivity contribution in [1.82, 2.24) is 5.32 Å². The van der Waals surface area contributed by atoms with Crippen LogP contribution in [0.4, 0.5) is 0 Å². The molecule has 0 amide bonds. The second-order valence-electron chi connectivity index (χ2n) is 5.92. The number of rotatable bonds is 5. The molecule has 0 heterocycles. The van der Waals surface area contributed by atoms with E-state index in [0.717, 1.165) is 18.5 Å². The predicted molar refractivity (Wildman–Crippen MR) is 78.9 cm³/mol. The second-order valence-corrected chi connectivity index (χ2v) is 5.92. The van der Waals surface area contributed by atoms with E-state index in [4.69, 9.17) is 0 Å². The van der Waals surface area contributed by atoms with Crippen molar-refractivity contribution < 1.29 is 0 Å². The highest BCUT2D eigenvalue weighted by Gasteiger charge is 2.20. The molecule has 18 heavy (non-hydrogen) atoms. The van der Waals surface area contributed by atoms with Crippen LogP contribution in [0.3, 0.4) is 0 Å². The summed E-state index contributed by atoms with van der Waals surface area (Å²) in [5.41, 5.74) is 1.47.